The molecule has 3 amide bonds. The molecule has 0 unspecified atom stereocenters. The molecular formula is C23H28BrN3O4. The molecule has 2 rings (SSSR count). The Morgan fingerprint density at radius 2 is 1.71 bits per heavy atom. The van der Waals surface area contributed by atoms with Crippen molar-refractivity contribution >= 4 is 39.3 Å². The van der Waals surface area contributed by atoms with Crippen LogP contribution in [0.5, 0.6) is 5.75 Å². The summed E-state index contributed by atoms with van der Waals surface area (Å²) in [5, 5.41) is 2.78. The maximum atomic E-state index is 12.2. The van der Waals surface area contributed by atoms with E-state index < -0.39 is 11.8 Å². The first-order chi connectivity index (χ1) is 14.8. The molecule has 8 heteroatoms. The molecule has 3 N–H and O–H groups in total. The molecule has 166 valence electrons. The van der Waals surface area contributed by atoms with E-state index in [2.05, 4.69) is 32.1 Å². The van der Waals surface area contributed by atoms with Gasteiger partial charge in [-0.25, -0.2) is 0 Å². The summed E-state index contributed by atoms with van der Waals surface area (Å²) in [4.78, 5) is 36.0. The predicted molar refractivity (Wildman–Crippen MR) is 124 cm³/mol. The summed E-state index contributed by atoms with van der Waals surface area (Å²) < 4.78 is 6.55. The molecule has 0 radical (unpaired) electrons. The molecule has 0 saturated heterocycles. The van der Waals surface area contributed by atoms with Crippen molar-refractivity contribution in [3.63, 3.8) is 0 Å². The summed E-state index contributed by atoms with van der Waals surface area (Å²) in [6.07, 6.45) is 2.24. The van der Waals surface area contributed by atoms with Gasteiger partial charge in [0.1, 0.15) is 5.75 Å². The summed E-state index contributed by atoms with van der Waals surface area (Å²) in [6, 6.07) is 12.0. The first kappa shape index (κ1) is 24.4. The van der Waals surface area contributed by atoms with Gasteiger partial charge in [-0.15, -0.1) is 0 Å². The number of rotatable bonds is 9. The molecule has 0 aliphatic rings. The van der Waals surface area contributed by atoms with Crippen LogP contribution in [-0.4, -0.2) is 24.3 Å². The van der Waals surface area contributed by atoms with Gasteiger partial charge in [-0.2, -0.15) is 0 Å². The third-order valence-electron chi connectivity index (χ3n) is 4.46. The molecule has 7 nitrogen and oxygen atoms in total. The molecule has 2 aromatic carbocycles. The number of hydrogen-bond acceptors (Lipinski definition) is 4. The van der Waals surface area contributed by atoms with Crippen LogP contribution in [0.2, 0.25) is 0 Å². The fourth-order valence-corrected chi connectivity index (χ4v) is 3.12. The molecule has 0 aliphatic heterocycles. The molecule has 2 aromatic rings. The summed E-state index contributed by atoms with van der Waals surface area (Å²) >= 11 is 3.43. The highest BCUT2D eigenvalue weighted by atomic mass is 79.9. The molecule has 0 aromatic heterocycles. The van der Waals surface area contributed by atoms with Crippen molar-refractivity contribution < 1.29 is 19.1 Å². The van der Waals surface area contributed by atoms with Crippen LogP contribution in [0.4, 0.5) is 5.69 Å². The van der Waals surface area contributed by atoms with E-state index in [0.29, 0.717) is 23.4 Å². The van der Waals surface area contributed by atoms with Gasteiger partial charge in [0.15, 0.2) is 6.61 Å². The average Bonchev–Trinajstić information content (AvgIpc) is 2.75. The van der Waals surface area contributed by atoms with Gasteiger partial charge in [0.2, 0.25) is 5.91 Å². The Kier molecular flexibility index (Phi) is 9.52. The van der Waals surface area contributed by atoms with Crippen LogP contribution in [0.3, 0.4) is 0 Å². The van der Waals surface area contributed by atoms with Crippen molar-refractivity contribution in [3.05, 3.63) is 58.1 Å². The van der Waals surface area contributed by atoms with Crippen molar-refractivity contribution in [3.8, 4) is 5.75 Å². The summed E-state index contributed by atoms with van der Waals surface area (Å²) in [5.41, 5.74) is 6.64. The lowest BCUT2D eigenvalue weighted by Crippen LogP contribution is -2.43. The molecule has 0 heterocycles. The smallest absolute Gasteiger partial charge is 0.276 e. The molecule has 0 aliphatic carbocycles. The zero-order chi connectivity index (χ0) is 22.8. The SMILES string of the molecule is CCCCC(=O)Nc1ccc(C(=O)NNC(=O)COc2ccc(Br)cc2C(C)C)cc1. The lowest BCUT2D eigenvalue weighted by molar-refractivity contribution is -0.123. The second-order valence-corrected chi connectivity index (χ2v) is 8.27. The van der Waals surface area contributed by atoms with E-state index in [1.807, 2.05) is 32.9 Å². The zero-order valence-corrected chi connectivity index (χ0v) is 19.5. The first-order valence-corrected chi connectivity index (χ1v) is 11.0. The number of hydrogen-bond donors (Lipinski definition) is 3. The maximum absolute atomic E-state index is 12.2. The lowest BCUT2D eigenvalue weighted by atomic mass is 10.0. The van der Waals surface area contributed by atoms with Gasteiger partial charge in [-0.3, -0.25) is 25.2 Å². The van der Waals surface area contributed by atoms with Gasteiger partial charge in [0.05, 0.1) is 0 Å². The highest BCUT2D eigenvalue weighted by Gasteiger charge is 2.12. The number of hydrazine groups is 1. The number of ether oxygens (including phenoxy) is 1. The Bertz CT molecular complexity index is 914. The monoisotopic (exact) mass is 489 g/mol. The first-order valence-electron chi connectivity index (χ1n) is 10.2. The van der Waals surface area contributed by atoms with Crippen LogP contribution in [0.1, 0.15) is 61.9 Å². The molecule has 0 atom stereocenters. The molecular weight excluding hydrogens is 462 g/mol. The van der Waals surface area contributed by atoms with Crippen LogP contribution in [-0.2, 0) is 9.59 Å². The van der Waals surface area contributed by atoms with Gasteiger partial charge in [0, 0.05) is 22.1 Å². The van der Waals surface area contributed by atoms with Crippen molar-refractivity contribution in [1.29, 1.82) is 0 Å². The fourth-order valence-electron chi connectivity index (χ4n) is 2.75. The molecule has 0 fully saturated rings. The summed E-state index contributed by atoms with van der Waals surface area (Å²) in [7, 11) is 0. The molecule has 31 heavy (non-hydrogen) atoms. The Morgan fingerprint density at radius 1 is 1.00 bits per heavy atom. The standard InChI is InChI=1S/C23H28BrN3O4/c1-4-5-6-21(28)25-18-10-7-16(8-11-18)23(30)27-26-22(29)14-31-20-12-9-17(24)13-19(20)15(2)3/h7-13,15H,4-6,14H2,1-3H3,(H,25,28)(H,26,29)(H,27,30). The van der Waals surface area contributed by atoms with Gasteiger partial charge >= 0.3 is 0 Å². The van der Waals surface area contributed by atoms with Crippen LogP contribution >= 0.6 is 15.9 Å². The van der Waals surface area contributed by atoms with Crippen molar-refractivity contribution in [2.24, 2.45) is 0 Å². The number of nitrogens with one attached hydrogen (secondary N) is 3. The fraction of sp³-hybridized carbons (Fsp3) is 0.348. The van der Waals surface area contributed by atoms with Crippen LogP contribution < -0.4 is 20.9 Å². The van der Waals surface area contributed by atoms with E-state index in [1.54, 1.807) is 30.3 Å². The molecule has 0 bridgehead atoms. The van der Waals surface area contributed by atoms with Gasteiger partial charge in [0.25, 0.3) is 11.8 Å². The Labute approximate surface area is 191 Å². The van der Waals surface area contributed by atoms with E-state index in [4.69, 9.17) is 4.74 Å². The number of halogens is 1. The number of benzene rings is 2. The van der Waals surface area contributed by atoms with E-state index in [9.17, 15) is 14.4 Å². The third kappa shape index (κ3) is 8.05. The molecule has 0 saturated carbocycles. The average molecular weight is 490 g/mol. The summed E-state index contributed by atoms with van der Waals surface area (Å²) in [5.74, 6) is -0.155. The minimum atomic E-state index is -0.481. The van der Waals surface area contributed by atoms with Gasteiger partial charge in [-0.1, -0.05) is 43.1 Å². The predicted octanol–water partition coefficient (Wildman–Crippen LogP) is 4.54. The highest BCUT2D eigenvalue weighted by Crippen LogP contribution is 2.29. The van der Waals surface area contributed by atoms with Crippen molar-refractivity contribution in [2.45, 2.75) is 46.0 Å². The van der Waals surface area contributed by atoms with Gasteiger partial charge in [-0.05, 0) is 60.4 Å². The zero-order valence-electron chi connectivity index (χ0n) is 18.0. The Hall–Kier alpha value is -2.87. The highest BCUT2D eigenvalue weighted by molar-refractivity contribution is 9.10. The number of amides is 3. The lowest BCUT2D eigenvalue weighted by Gasteiger charge is -2.14. The minimum absolute atomic E-state index is 0.0577. The minimum Gasteiger partial charge on any atom is -0.483 e. The Morgan fingerprint density at radius 3 is 2.35 bits per heavy atom. The maximum Gasteiger partial charge on any atom is 0.276 e. The number of anilines is 1. The van der Waals surface area contributed by atoms with E-state index in [1.165, 1.54) is 0 Å². The van der Waals surface area contributed by atoms with E-state index in [0.717, 1.165) is 22.9 Å². The normalized spacial score (nSPS) is 10.5. The number of unbranched alkanes of at least 4 members (excludes halogenated alkanes) is 1. The van der Waals surface area contributed by atoms with Crippen LogP contribution in [0.25, 0.3) is 0 Å². The van der Waals surface area contributed by atoms with Crippen molar-refractivity contribution in [1.82, 2.24) is 10.9 Å². The number of carbonyl (C=O) groups excluding carboxylic acids is 3. The van der Waals surface area contributed by atoms with Crippen LogP contribution in [0.15, 0.2) is 46.9 Å². The van der Waals surface area contributed by atoms with Crippen LogP contribution in [0, 0.1) is 0 Å². The third-order valence-corrected chi connectivity index (χ3v) is 4.95. The molecule has 0 spiro atoms. The second-order valence-electron chi connectivity index (χ2n) is 7.36. The van der Waals surface area contributed by atoms with Gasteiger partial charge < -0.3 is 10.1 Å². The number of carbonyl (C=O) groups is 3. The Balaban J connectivity index is 1.82. The second kappa shape index (κ2) is 12.1. The largest absolute Gasteiger partial charge is 0.483 e. The topological polar surface area (TPSA) is 96.5 Å². The quantitative estimate of drug-likeness (QED) is 0.450. The van der Waals surface area contributed by atoms with Crippen molar-refractivity contribution in [2.75, 3.05) is 11.9 Å². The summed E-state index contributed by atoms with van der Waals surface area (Å²) in [6.45, 7) is 5.87. The van der Waals surface area contributed by atoms with E-state index in [-0.39, 0.29) is 18.4 Å². The van der Waals surface area contributed by atoms with E-state index >= 15 is 0 Å².